The van der Waals surface area contributed by atoms with Crippen LogP contribution in [0.15, 0.2) is 36.5 Å². The monoisotopic (exact) mass is 648 g/mol. The van der Waals surface area contributed by atoms with Crippen LogP contribution < -0.4 is 5.32 Å². The van der Waals surface area contributed by atoms with E-state index >= 15 is 0 Å². The van der Waals surface area contributed by atoms with Crippen molar-refractivity contribution in [2.75, 3.05) is 6.61 Å². The highest BCUT2D eigenvalue weighted by Crippen LogP contribution is 2.14. The lowest BCUT2D eigenvalue weighted by Crippen LogP contribution is -2.45. The molecule has 0 aliphatic heterocycles. The van der Waals surface area contributed by atoms with Crippen LogP contribution in [-0.2, 0) is 4.79 Å². The third-order valence-electron chi connectivity index (χ3n) is 8.91. The highest BCUT2D eigenvalue weighted by Gasteiger charge is 2.20. The minimum Gasteiger partial charge on any atom is -0.394 e. The number of carbonyl (C=O) groups is 1. The summed E-state index contributed by atoms with van der Waals surface area (Å²) in [5.74, 6) is -0.333. The molecule has 1 amide bonds. The molecule has 0 aromatic rings. The predicted molar refractivity (Wildman–Crippen MR) is 199 cm³/mol. The van der Waals surface area contributed by atoms with Gasteiger partial charge < -0.3 is 20.6 Å². The Morgan fingerprint density at radius 1 is 0.543 bits per heavy atom. The van der Waals surface area contributed by atoms with Crippen molar-refractivity contribution in [3.63, 3.8) is 0 Å². The molecule has 0 saturated carbocycles. The maximum Gasteiger partial charge on any atom is 0.222 e. The van der Waals surface area contributed by atoms with Crippen molar-refractivity contribution in [2.45, 2.75) is 212 Å². The lowest BCUT2D eigenvalue weighted by Gasteiger charge is -2.21. The second-order valence-corrected chi connectivity index (χ2v) is 13.5. The van der Waals surface area contributed by atoms with Crippen LogP contribution in [0.5, 0.6) is 0 Å². The molecule has 4 N–H and O–H groups in total. The van der Waals surface area contributed by atoms with Crippen molar-refractivity contribution in [1.82, 2.24) is 5.32 Å². The molecular weight excluding hydrogens is 570 g/mol. The number of hydrogen-bond acceptors (Lipinski definition) is 4. The van der Waals surface area contributed by atoms with Gasteiger partial charge in [0, 0.05) is 0 Å². The molecule has 46 heavy (non-hydrogen) atoms. The Kier molecular flexibility index (Phi) is 35.3. The minimum atomic E-state index is -0.956. The zero-order chi connectivity index (χ0) is 33.8. The number of carbonyl (C=O) groups excluding carboxylic acids is 1. The highest BCUT2D eigenvalue weighted by molar-refractivity contribution is 5.76. The Morgan fingerprint density at radius 2 is 0.935 bits per heavy atom. The number of amides is 1. The standard InChI is InChI=1S/C41H77NO4/c1-3-5-7-9-11-13-14-15-16-17-18-19-20-21-22-23-24-25-26-27-29-31-33-35-40(45)39(37-43)42-41(46)36-38(44)34-32-30-28-12-10-8-6-4-2/h22-23,26-27,33,35,38-40,43-45H,3-21,24-25,28-32,34,36-37H2,1-2H3,(H,42,46)/b23-22+,27-26+,35-33+. The second-order valence-electron chi connectivity index (χ2n) is 13.5. The van der Waals surface area contributed by atoms with E-state index in [1.165, 1.54) is 128 Å². The molecule has 0 bridgehead atoms. The molecule has 0 heterocycles. The largest absolute Gasteiger partial charge is 0.394 e. The topological polar surface area (TPSA) is 89.8 Å². The summed E-state index contributed by atoms with van der Waals surface area (Å²) in [5.41, 5.74) is 0. The van der Waals surface area contributed by atoms with Gasteiger partial charge in [0.1, 0.15) is 0 Å². The van der Waals surface area contributed by atoms with Gasteiger partial charge in [0.15, 0.2) is 0 Å². The van der Waals surface area contributed by atoms with Gasteiger partial charge in [-0.05, 0) is 44.9 Å². The van der Waals surface area contributed by atoms with Crippen LogP contribution in [-0.4, -0.2) is 46.1 Å². The van der Waals surface area contributed by atoms with E-state index < -0.39 is 18.2 Å². The fraction of sp³-hybridized carbons (Fsp3) is 0.829. The van der Waals surface area contributed by atoms with Crippen LogP contribution in [0.2, 0.25) is 0 Å². The number of aliphatic hydroxyl groups is 3. The number of aliphatic hydroxyl groups excluding tert-OH is 3. The fourth-order valence-corrected chi connectivity index (χ4v) is 5.84. The lowest BCUT2D eigenvalue weighted by atomic mass is 10.0. The molecule has 3 unspecified atom stereocenters. The third-order valence-corrected chi connectivity index (χ3v) is 8.91. The van der Waals surface area contributed by atoms with Crippen LogP contribution in [0.4, 0.5) is 0 Å². The summed E-state index contributed by atoms with van der Waals surface area (Å²) in [6.07, 6.45) is 44.4. The number of unbranched alkanes of at least 4 members (excludes halogenated alkanes) is 22. The number of hydrogen-bond donors (Lipinski definition) is 4. The fourth-order valence-electron chi connectivity index (χ4n) is 5.84. The maximum atomic E-state index is 12.3. The first-order chi connectivity index (χ1) is 22.5. The van der Waals surface area contributed by atoms with E-state index in [1.54, 1.807) is 6.08 Å². The SMILES string of the molecule is CCCCCCCCCCCCCCC/C=C/CC/C=C/CC/C=C/C(O)C(CO)NC(=O)CC(O)CCCCCCCCCC. The molecular formula is C41H77NO4. The summed E-state index contributed by atoms with van der Waals surface area (Å²) in [7, 11) is 0. The van der Waals surface area contributed by atoms with Gasteiger partial charge in [0.05, 0.1) is 31.3 Å². The van der Waals surface area contributed by atoms with Gasteiger partial charge in [0.2, 0.25) is 5.91 Å². The number of rotatable bonds is 35. The third kappa shape index (κ3) is 32.5. The summed E-state index contributed by atoms with van der Waals surface area (Å²) < 4.78 is 0. The van der Waals surface area contributed by atoms with Crippen LogP contribution >= 0.6 is 0 Å². The van der Waals surface area contributed by atoms with Crippen LogP contribution in [0.1, 0.15) is 194 Å². The Morgan fingerprint density at radius 3 is 1.39 bits per heavy atom. The first kappa shape index (κ1) is 44.6. The zero-order valence-electron chi connectivity index (χ0n) is 30.5. The smallest absolute Gasteiger partial charge is 0.222 e. The molecule has 0 saturated heterocycles. The Bertz CT molecular complexity index is 719. The van der Waals surface area contributed by atoms with E-state index in [4.69, 9.17) is 0 Å². The molecule has 270 valence electrons. The van der Waals surface area contributed by atoms with Gasteiger partial charge in [-0.3, -0.25) is 4.79 Å². The molecule has 0 aliphatic rings. The van der Waals surface area contributed by atoms with Crippen LogP contribution in [0.3, 0.4) is 0 Å². The van der Waals surface area contributed by atoms with Crippen LogP contribution in [0, 0.1) is 0 Å². The molecule has 0 aromatic carbocycles. The van der Waals surface area contributed by atoms with Crippen molar-refractivity contribution in [3.8, 4) is 0 Å². The maximum absolute atomic E-state index is 12.3. The molecule has 0 rings (SSSR count). The van der Waals surface area contributed by atoms with Gasteiger partial charge in [0.25, 0.3) is 0 Å². The molecule has 0 aromatic heterocycles. The first-order valence-corrected chi connectivity index (χ1v) is 19.8. The van der Waals surface area contributed by atoms with E-state index in [-0.39, 0.29) is 18.9 Å². The summed E-state index contributed by atoms with van der Waals surface area (Å²) in [6.45, 7) is 4.15. The summed E-state index contributed by atoms with van der Waals surface area (Å²) >= 11 is 0. The number of nitrogens with one attached hydrogen (secondary N) is 1. The lowest BCUT2D eigenvalue weighted by molar-refractivity contribution is -0.124. The van der Waals surface area contributed by atoms with E-state index in [2.05, 4.69) is 43.5 Å². The van der Waals surface area contributed by atoms with Crippen molar-refractivity contribution >= 4 is 5.91 Å². The summed E-state index contributed by atoms with van der Waals surface area (Å²) in [5, 5.41) is 32.9. The van der Waals surface area contributed by atoms with E-state index in [9.17, 15) is 20.1 Å². The Balaban J connectivity index is 3.73. The van der Waals surface area contributed by atoms with E-state index in [0.717, 1.165) is 38.5 Å². The Labute approximate surface area is 285 Å². The van der Waals surface area contributed by atoms with Crippen LogP contribution in [0.25, 0.3) is 0 Å². The average molecular weight is 648 g/mol. The number of allylic oxidation sites excluding steroid dienone is 5. The normalized spacial score (nSPS) is 14.1. The molecule has 5 heteroatoms. The molecule has 0 aliphatic carbocycles. The second kappa shape index (κ2) is 36.4. The zero-order valence-corrected chi connectivity index (χ0v) is 30.5. The first-order valence-electron chi connectivity index (χ1n) is 19.8. The average Bonchev–Trinajstić information content (AvgIpc) is 3.05. The quantitative estimate of drug-likeness (QED) is 0.0407. The highest BCUT2D eigenvalue weighted by atomic mass is 16.3. The van der Waals surface area contributed by atoms with Crippen molar-refractivity contribution in [3.05, 3.63) is 36.5 Å². The predicted octanol–water partition coefficient (Wildman–Crippen LogP) is 10.8. The van der Waals surface area contributed by atoms with Gasteiger partial charge in [-0.2, -0.15) is 0 Å². The van der Waals surface area contributed by atoms with Gasteiger partial charge in [-0.25, -0.2) is 0 Å². The van der Waals surface area contributed by atoms with Crippen molar-refractivity contribution < 1.29 is 20.1 Å². The molecule has 0 fully saturated rings. The summed E-state index contributed by atoms with van der Waals surface area (Å²) in [6, 6.07) is -0.763. The molecule has 3 atom stereocenters. The molecule has 5 nitrogen and oxygen atoms in total. The molecule has 0 radical (unpaired) electrons. The van der Waals surface area contributed by atoms with Gasteiger partial charge >= 0.3 is 0 Å². The minimum absolute atomic E-state index is 0.00283. The van der Waals surface area contributed by atoms with Crippen molar-refractivity contribution in [1.29, 1.82) is 0 Å². The Hall–Kier alpha value is -1.43. The molecule has 0 spiro atoms. The van der Waals surface area contributed by atoms with E-state index in [1.807, 2.05) is 6.08 Å². The van der Waals surface area contributed by atoms with Gasteiger partial charge in [-0.15, -0.1) is 0 Å². The van der Waals surface area contributed by atoms with Gasteiger partial charge in [-0.1, -0.05) is 179 Å². The summed E-state index contributed by atoms with van der Waals surface area (Å²) in [4.78, 5) is 12.3. The van der Waals surface area contributed by atoms with E-state index in [0.29, 0.717) is 6.42 Å². The van der Waals surface area contributed by atoms with Crippen molar-refractivity contribution in [2.24, 2.45) is 0 Å².